The summed E-state index contributed by atoms with van der Waals surface area (Å²) in [4.78, 5) is 37.8. The molecule has 0 aromatic carbocycles. The lowest BCUT2D eigenvalue weighted by Crippen LogP contribution is -2.30. The number of carbonyl (C=O) groups excluding carboxylic acids is 3. The van der Waals surface area contributed by atoms with Crippen molar-refractivity contribution in [2.45, 2.75) is 232 Å². The number of allylic oxidation sites excluding steroid dienone is 14. The van der Waals surface area contributed by atoms with E-state index in [1.54, 1.807) is 0 Å². The molecule has 0 bridgehead atoms. The first kappa shape index (κ1) is 57.6. The SMILES string of the molecule is CCC\C=C/C=C\C=C/C=C\C=C/CCCCCCCC(=O)OCC(COC(=O)CCC/C=C\CCCCCC)OC(=O)CCCCCCC/C=C\CCCCCCCCC. The van der Waals surface area contributed by atoms with Crippen molar-refractivity contribution in [1.82, 2.24) is 0 Å². The molecule has 0 aliphatic rings. The average Bonchev–Trinajstić information content (AvgIpc) is 3.26. The first-order chi connectivity index (χ1) is 30.0. The van der Waals surface area contributed by atoms with Gasteiger partial charge in [-0.05, 0) is 83.5 Å². The number of hydrogen-bond donors (Lipinski definition) is 0. The summed E-state index contributed by atoms with van der Waals surface area (Å²) < 4.78 is 16.7. The maximum Gasteiger partial charge on any atom is 0.306 e. The van der Waals surface area contributed by atoms with Gasteiger partial charge in [-0.25, -0.2) is 0 Å². The highest BCUT2D eigenvalue weighted by Gasteiger charge is 2.19. The van der Waals surface area contributed by atoms with Crippen molar-refractivity contribution in [3.8, 4) is 0 Å². The molecule has 0 spiro atoms. The summed E-state index contributed by atoms with van der Waals surface area (Å²) in [5, 5.41) is 0. The van der Waals surface area contributed by atoms with Crippen LogP contribution < -0.4 is 0 Å². The number of rotatable bonds is 44. The second-order valence-electron chi connectivity index (χ2n) is 16.5. The van der Waals surface area contributed by atoms with Crippen molar-refractivity contribution in [3.63, 3.8) is 0 Å². The second kappa shape index (κ2) is 49.2. The van der Waals surface area contributed by atoms with E-state index in [2.05, 4.69) is 81.5 Å². The maximum atomic E-state index is 12.8. The van der Waals surface area contributed by atoms with Gasteiger partial charge in [0.05, 0.1) is 0 Å². The van der Waals surface area contributed by atoms with Gasteiger partial charge in [0.15, 0.2) is 6.10 Å². The summed E-state index contributed by atoms with van der Waals surface area (Å²) in [6, 6.07) is 0. The highest BCUT2D eigenvalue weighted by Crippen LogP contribution is 2.13. The number of esters is 3. The molecule has 6 heteroatoms. The summed E-state index contributed by atoms with van der Waals surface area (Å²) in [6.07, 6.45) is 62.8. The molecule has 0 amide bonds. The van der Waals surface area contributed by atoms with Crippen LogP contribution in [0.1, 0.15) is 226 Å². The first-order valence-electron chi connectivity index (χ1n) is 25.2. The summed E-state index contributed by atoms with van der Waals surface area (Å²) in [7, 11) is 0. The number of carbonyl (C=O) groups is 3. The minimum atomic E-state index is -0.801. The third-order valence-corrected chi connectivity index (χ3v) is 10.5. The van der Waals surface area contributed by atoms with Crippen LogP contribution in [0.4, 0.5) is 0 Å². The van der Waals surface area contributed by atoms with Crippen LogP contribution in [0.15, 0.2) is 85.1 Å². The minimum absolute atomic E-state index is 0.102. The Morgan fingerprint density at radius 1 is 0.328 bits per heavy atom. The summed E-state index contributed by atoms with van der Waals surface area (Å²) >= 11 is 0. The lowest BCUT2D eigenvalue weighted by atomic mass is 10.1. The Labute approximate surface area is 375 Å². The van der Waals surface area contributed by atoms with E-state index in [0.717, 1.165) is 89.9 Å². The first-order valence-corrected chi connectivity index (χ1v) is 25.2. The van der Waals surface area contributed by atoms with E-state index < -0.39 is 6.10 Å². The van der Waals surface area contributed by atoms with Gasteiger partial charge in [0.25, 0.3) is 0 Å². The topological polar surface area (TPSA) is 78.9 Å². The Balaban J connectivity index is 4.43. The fourth-order valence-corrected chi connectivity index (χ4v) is 6.65. The molecule has 348 valence electrons. The van der Waals surface area contributed by atoms with E-state index in [-0.39, 0.29) is 31.1 Å². The van der Waals surface area contributed by atoms with Gasteiger partial charge in [0.2, 0.25) is 0 Å². The summed E-state index contributed by atoms with van der Waals surface area (Å²) in [5.41, 5.74) is 0. The van der Waals surface area contributed by atoms with Crippen molar-refractivity contribution in [2.75, 3.05) is 13.2 Å². The Morgan fingerprint density at radius 3 is 1.11 bits per heavy atom. The van der Waals surface area contributed by atoms with E-state index >= 15 is 0 Å². The van der Waals surface area contributed by atoms with Crippen molar-refractivity contribution in [3.05, 3.63) is 85.1 Å². The smallest absolute Gasteiger partial charge is 0.306 e. The van der Waals surface area contributed by atoms with Gasteiger partial charge in [-0.2, -0.15) is 0 Å². The van der Waals surface area contributed by atoms with Crippen molar-refractivity contribution in [2.24, 2.45) is 0 Å². The maximum absolute atomic E-state index is 12.8. The van der Waals surface area contributed by atoms with E-state index in [9.17, 15) is 14.4 Å². The van der Waals surface area contributed by atoms with Crippen LogP contribution >= 0.6 is 0 Å². The molecule has 6 nitrogen and oxygen atoms in total. The normalized spacial score (nSPS) is 12.8. The van der Waals surface area contributed by atoms with Crippen LogP contribution in [0.3, 0.4) is 0 Å². The molecule has 0 heterocycles. The largest absolute Gasteiger partial charge is 0.462 e. The molecule has 0 rings (SSSR count). The highest BCUT2D eigenvalue weighted by molar-refractivity contribution is 5.71. The van der Waals surface area contributed by atoms with Crippen LogP contribution in [-0.2, 0) is 28.6 Å². The highest BCUT2D eigenvalue weighted by atomic mass is 16.6. The van der Waals surface area contributed by atoms with Gasteiger partial charge in [0, 0.05) is 19.3 Å². The zero-order chi connectivity index (χ0) is 44.4. The van der Waals surface area contributed by atoms with Crippen molar-refractivity contribution < 1.29 is 28.6 Å². The Kier molecular flexibility index (Phi) is 46.5. The van der Waals surface area contributed by atoms with E-state index in [4.69, 9.17) is 14.2 Å². The van der Waals surface area contributed by atoms with Gasteiger partial charge in [0.1, 0.15) is 13.2 Å². The Morgan fingerprint density at radius 2 is 0.656 bits per heavy atom. The van der Waals surface area contributed by atoms with Gasteiger partial charge < -0.3 is 14.2 Å². The molecular formula is C55H92O6. The third kappa shape index (κ3) is 47.5. The van der Waals surface area contributed by atoms with Crippen LogP contribution in [-0.4, -0.2) is 37.2 Å². The van der Waals surface area contributed by atoms with Crippen LogP contribution in [0.2, 0.25) is 0 Å². The molecule has 0 aliphatic carbocycles. The summed E-state index contributed by atoms with van der Waals surface area (Å²) in [5.74, 6) is -0.973. The third-order valence-electron chi connectivity index (χ3n) is 10.5. The molecular weight excluding hydrogens is 757 g/mol. The van der Waals surface area contributed by atoms with Crippen LogP contribution in [0.5, 0.6) is 0 Å². The average molecular weight is 849 g/mol. The zero-order valence-electron chi connectivity index (χ0n) is 39.7. The molecule has 0 fully saturated rings. The molecule has 61 heavy (non-hydrogen) atoms. The number of hydrogen-bond acceptors (Lipinski definition) is 6. The van der Waals surface area contributed by atoms with Gasteiger partial charge in [-0.3, -0.25) is 14.4 Å². The molecule has 0 saturated heterocycles. The molecule has 0 radical (unpaired) electrons. The quantitative estimate of drug-likeness (QED) is 0.0200. The Hall–Kier alpha value is -3.41. The fraction of sp³-hybridized carbons (Fsp3) is 0.691. The van der Waals surface area contributed by atoms with Gasteiger partial charge in [-0.15, -0.1) is 0 Å². The number of unbranched alkanes of at least 4 members (excludes halogenated alkanes) is 23. The van der Waals surface area contributed by atoms with Crippen LogP contribution in [0, 0.1) is 0 Å². The second-order valence-corrected chi connectivity index (χ2v) is 16.5. The molecule has 0 saturated carbocycles. The zero-order valence-corrected chi connectivity index (χ0v) is 39.7. The van der Waals surface area contributed by atoms with Crippen molar-refractivity contribution in [1.29, 1.82) is 0 Å². The van der Waals surface area contributed by atoms with Gasteiger partial charge >= 0.3 is 17.9 Å². The van der Waals surface area contributed by atoms with E-state index in [0.29, 0.717) is 25.7 Å². The Bertz CT molecular complexity index is 1200. The van der Waals surface area contributed by atoms with Crippen LogP contribution in [0.25, 0.3) is 0 Å². The number of ether oxygens (including phenoxy) is 3. The monoisotopic (exact) mass is 849 g/mol. The van der Waals surface area contributed by atoms with Crippen molar-refractivity contribution >= 4 is 17.9 Å². The lowest BCUT2D eigenvalue weighted by Gasteiger charge is -2.18. The van der Waals surface area contributed by atoms with E-state index in [1.807, 2.05) is 24.3 Å². The standard InChI is InChI=1S/C55H92O6/c1-4-7-10-13-16-19-21-23-25-27-28-30-31-33-36-39-42-45-48-54(57)60-51-52(50-59-53(56)47-44-41-38-35-18-15-12-9-6-3)61-55(58)49-46-43-40-37-34-32-29-26-24-22-20-17-14-11-8-5-2/h10,13,16,19,21,23,25-30,35,38,52H,4-9,11-12,14-15,17-18,20,22,24,31-34,36-37,39-51H2,1-3H3/b13-10-,19-16-,23-21-,27-25-,29-26-,30-28-,38-35-. The fourth-order valence-electron chi connectivity index (χ4n) is 6.65. The molecule has 0 N–H and O–H groups in total. The predicted octanol–water partition coefficient (Wildman–Crippen LogP) is 16.4. The lowest BCUT2D eigenvalue weighted by molar-refractivity contribution is -0.167. The summed E-state index contributed by atoms with van der Waals surface area (Å²) in [6.45, 7) is 6.45. The predicted molar refractivity (Wildman–Crippen MR) is 261 cm³/mol. The molecule has 0 aromatic rings. The molecule has 0 aromatic heterocycles. The molecule has 1 unspecified atom stereocenters. The van der Waals surface area contributed by atoms with Gasteiger partial charge in [-0.1, -0.05) is 209 Å². The molecule has 0 aliphatic heterocycles. The van der Waals surface area contributed by atoms with E-state index in [1.165, 1.54) is 89.9 Å². The molecule has 1 atom stereocenters. The minimum Gasteiger partial charge on any atom is -0.462 e.